The molecule has 164 valence electrons. The van der Waals surface area contributed by atoms with Crippen LogP contribution in [0.2, 0.25) is 0 Å². The van der Waals surface area contributed by atoms with Crippen molar-refractivity contribution in [1.82, 2.24) is 0 Å². The van der Waals surface area contributed by atoms with Crippen molar-refractivity contribution in [2.45, 2.75) is 18.6 Å². The predicted molar refractivity (Wildman–Crippen MR) is 128 cm³/mol. The Labute approximate surface area is 195 Å². The van der Waals surface area contributed by atoms with Crippen molar-refractivity contribution in [3.63, 3.8) is 0 Å². The molecule has 0 radical (unpaired) electrons. The van der Waals surface area contributed by atoms with Gasteiger partial charge in [0.05, 0.1) is 5.25 Å². The first-order valence-corrected chi connectivity index (χ1v) is 11.2. The summed E-state index contributed by atoms with van der Waals surface area (Å²) in [6, 6.07) is 24.0. The van der Waals surface area contributed by atoms with E-state index in [4.69, 9.17) is 0 Å². The molecular weight excluding hydrogens is 437 g/mol. The van der Waals surface area contributed by atoms with Gasteiger partial charge in [0, 0.05) is 11.4 Å². The van der Waals surface area contributed by atoms with Gasteiger partial charge in [0.15, 0.2) is 0 Å². The summed E-state index contributed by atoms with van der Waals surface area (Å²) in [6.07, 6.45) is 0.436. The summed E-state index contributed by atoms with van der Waals surface area (Å²) in [4.78, 5) is 27.7. The molecular formula is C26H20FN3O2S. The molecule has 0 aromatic heterocycles. The number of nitriles is 1. The Bertz CT molecular complexity index is 1270. The van der Waals surface area contributed by atoms with E-state index in [0.717, 1.165) is 11.1 Å². The maximum absolute atomic E-state index is 13.5. The lowest BCUT2D eigenvalue weighted by molar-refractivity contribution is -0.117. The average molecular weight is 458 g/mol. The van der Waals surface area contributed by atoms with Gasteiger partial charge in [0.1, 0.15) is 22.5 Å². The fourth-order valence-corrected chi connectivity index (χ4v) is 4.89. The fraction of sp³-hybridized carbons (Fsp3) is 0.115. The van der Waals surface area contributed by atoms with Gasteiger partial charge in [-0.3, -0.25) is 14.5 Å². The van der Waals surface area contributed by atoms with Gasteiger partial charge in [-0.1, -0.05) is 59.8 Å². The molecule has 1 fully saturated rings. The number of anilines is 2. The van der Waals surface area contributed by atoms with Crippen molar-refractivity contribution in [3.8, 4) is 6.07 Å². The Morgan fingerprint density at radius 2 is 1.82 bits per heavy atom. The third-order valence-corrected chi connectivity index (χ3v) is 6.39. The Morgan fingerprint density at radius 3 is 2.48 bits per heavy atom. The molecule has 3 aromatic carbocycles. The number of nitrogens with one attached hydrogen (secondary N) is 1. The lowest BCUT2D eigenvalue weighted by Gasteiger charge is -2.18. The van der Waals surface area contributed by atoms with Gasteiger partial charge in [-0.25, -0.2) is 4.39 Å². The van der Waals surface area contributed by atoms with Crippen molar-refractivity contribution < 1.29 is 14.0 Å². The van der Waals surface area contributed by atoms with Crippen LogP contribution in [0.4, 0.5) is 15.8 Å². The second-order valence-electron chi connectivity index (χ2n) is 7.56. The van der Waals surface area contributed by atoms with Crippen LogP contribution in [0.5, 0.6) is 0 Å². The number of aryl methyl sites for hydroxylation is 1. The first-order valence-electron chi connectivity index (χ1n) is 10.3. The second-order valence-corrected chi connectivity index (χ2v) is 8.75. The molecule has 7 heteroatoms. The second kappa shape index (κ2) is 9.72. The van der Waals surface area contributed by atoms with Crippen molar-refractivity contribution in [2.24, 2.45) is 0 Å². The number of hydrogen-bond acceptors (Lipinski definition) is 4. The molecule has 0 aliphatic carbocycles. The molecule has 3 aromatic rings. The Hall–Kier alpha value is -3.89. The van der Waals surface area contributed by atoms with Crippen LogP contribution in [0.1, 0.15) is 11.1 Å². The minimum absolute atomic E-state index is 0.173. The van der Waals surface area contributed by atoms with E-state index in [9.17, 15) is 19.2 Å². The molecule has 0 spiro atoms. The van der Waals surface area contributed by atoms with E-state index in [1.807, 2.05) is 43.3 Å². The van der Waals surface area contributed by atoms with Crippen molar-refractivity contribution in [2.75, 3.05) is 10.2 Å². The van der Waals surface area contributed by atoms with Gasteiger partial charge in [0.2, 0.25) is 5.91 Å². The first-order chi connectivity index (χ1) is 16.0. The molecule has 1 aliphatic rings. The zero-order valence-corrected chi connectivity index (χ0v) is 18.6. The van der Waals surface area contributed by atoms with Crippen LogP contribution in [0, 0.1) is 24.1 Å². The molecule has 0 saturated carbocycles. The zero-order chi connectivity index (χ0) is 23.4. The van der Waals surface area contributed by atoms with Gasteiger partial charge in [0.25, 0.3) is 5.91 Å². The van der Waals surface area contributed by atoms with Crippen LogP contribution in [0.25, 0.3) is 0 Å². The number of carbonyl (C=O) groups is 2. The minimum atomic E-state index is -0.609. The number of hydrogen-bond donors (Lipinski definition) is 1. The average Bonchev–Trinajstić information content (AvgIpc) is 3.11. The normalized spacial score (nSPS) is 16.9. The standard InChI is InChI=1S/C26H20FN3O2S/c1-17-6-5-7-18(14-17)15-23-25(32)30(21-12-10-19(27)11-13-21)26(33-23)22(16-28)24(31)29-20-8-3-2-4-9-20/h2-14,23H,15H2,1H3,(H,29,31)/b26-22-. The Balaban J connectivity index is 1.73. The summed E-state index contributed by atoms with van der Waals surface area (Å²) in [5.74, 6) is -1.31. The third-order valence-electron chi connectivity index (χ3n) is 5.13. The molecule has 5 nitrogen and oxygen atoms in total. The monoisotopic (exact) mass is 457 g/mol. The molecule has 1 atom stereocenters. The summed E-state index contributed by atoms with van der Waals surface area (Å²) in [6.45, 7) is 1.98. The van der Waals surface area contributed by atoms with Gasteiger partial charge in [-0.2, -0.15) is 5.26 Å². The molecule has 1 heterocycles. The van der Waals surface area contributed by atoms with Crippen LogP contribution in [0.15, 0.2) is 89.5 Å². The van der Waals surface area contributed by atoms with Crippen LogP contribution in [-0.2, 0) is 16.0 Å². The number of benzene rings is 3. The minimum Gasteiger partial charge on any atom is -0.321 e. The Kier molecular flexibility index (Phi) is 6.57. The summed E-state index contributed by atoms with van der Waals surface area (Å²) >= 11 is 1.18. The fourth-order valence-electron chi connectivity index (χ4n) is 3.58. The van der Waals surface area contributed by atoms with E-state index in [1.54, 1.807) is 24.3 Å². The van der Waals surface area contributed by atoms with Crippen LogP contribution < -0.4 is 10.2 Å². The highest BCUT2D eigenvalue weighted by Crippen LogP contribution is 2.42. The number of rotatable bonds is 5. The van der Waals surface area contributed by atoms with Crippen molar-refractivity contribution in [1.29, 1.82) is 5.26 Å². The van der Waals surface area contributed by atoms with E-state index in [1.165, 1.54) is 40.9 Å². The first kappa shape index (κ1) is 22.3. The lowest BCUT2D eigenvalue weighted by atomic mass is 10.1. The van der Waals surface area contributed by atoms with E-state index in [0.29, 0.717) is 17.8 Å². The molecule has 1 N–H and O–H groups in total. The number of thioether (sulfide) groups is 1. The highest BCUT2D eigenvalue weighted by atomic mass is 32.2. The van der Waals surface area contributed by atoms with Crippen LogP contribution >= 0.6 is 11.8 Å². The molecule has 4 rings (SSSR count). The summed E-state index contributed by atoms with van der Waals surface area (Å²) in [7, 11) is 0. The SMILES string of the molecule is Cc1cccc(CC2S/C(=C(/C#N)C(=O)Nc3ccccc3)N(c3ccc(F)cc3)C2=O)c1. The van der Waals surface area contributed by atoms with Crippen LogP contribution in [-0.4, -0.2) is 17.1 Å². The number of amides is 2. The quantitative estimate of drug-likeness (QED) is 0.422. The highest BCUT2D eigenvalue weighted by Gasteiger charge is 2.40. The van der Waals surface area contributed by atoms with Crippen LogP contribution in [0.3, 0.4) is 0 Å². The van der Waals surface area contributed by atoms with Crippen molar-refractivity contribution in [3.05, 3.63) is 106 Å². The molecule has 1 aliphatic heterocycles. The summed E-state index contributed by atoms with van der Waals surface area (Å²) < 4.78 is 13.5. The topological polar surface area (TPSA) is 73.2 Å². The molecule has 0 bridgehead atoms. The maximum Gasteiger partial charge on any atom is 0.269 e. The predicted octanol–water partition coefficient (Wildman–Crippen LogP) is 5.20. The number of nitrogens with zero attached hydrogens (tertiary/aromatic N) is 2. The molecule has 33 heavy (non-hydrogen) atoms. The number of para-hydroxylation sites is 1. The molecule has 1 unspecified atom stereocenters. The smallest absolute Gasteiger partial charge is 0.269 e. The largest absolute Gasteiger partial charge is 0.321 e. The van der Waals surface area contributed by atoms with E-state index >= 15 is 0 Å². The molecule has 1 saturated heterocycles. The van der Waals surface area contributed by atoms with Crippen molar-refractivity contribution >= 4 is 35.0 Å². The maximum atomic E-state index is 13.5. The third kappa shape index (κ3) is 4.97. The Morgan fingerprint density at radius 1 is 1.09 bits per heavy atom. The van der Waals surface area contributed by atoms with Gasteiger partial charge < -0.3 is 5.32 Å². The number of carbonyl (C=O) groups excluding carboxylic acids is 2. The van der Waals surface area contributed by atoms with Gasteiger partial charge in [-0.15, -0.1) is 0 Å². The van der Waals surface area contributed by atoms with E-state index in [-0.39, 0.29) is 16.5 Å². The van der Waals surface area contributed by atoms with Gasteiger partial charge >= 0.3 is 0 Å². The summed E-state index contributed by atoms with van der Waals surface area (Å²) in [5, 5.41) is 12.3. The number of halogens is 1. The molecule has 2 amide bonds. The van der Waals surface area contributed by atoms with E-state index < -0.39 is 17.0 Å². The van der Waals surface area contributed by atoms with E-state index in [2.05, 4.69) is 5.32 Å². The lowest BCUT2D eigenvalue weighted by Crippen LogP contribution is -2.31. The highest BCUT2D eigenvalue weighted by molar-refractivity contribution is 8.05. The zero-order valence-electron chi connectivity index (χ0n) is 17.8. The van der Waals surface area contributed by atoms with Gasteiger partial charge in [-0.05, 0) is 55.3 Å². The summed E-state index contributed by atoms with van der Waals surface area (Å²) in [5.41, 5.74) is 2.82.